The molecule has 2 radical (unpaired) electrons. The van der Waals surface area contributed by atoms with Crippen LogP contribution in [-0.2, 0) is 4.79 Å². The molecule has 1 atom stereocenters. The maximum atomic E-state index is 10.4. The molecule has 1 aliphatic heterocycles. The van der Waals surface area contributed by atoms with Crippen molar-refractivity contribution in [3.8, 4) is 0 Å². The molecule has 3 heteroatoms. The molecule has 2 nitrogen and oxygen atoms in total. The maximum absolute atomic E-state index is 10.4. The Labute approximate surface area is 50.1 Å². The Morgan fingerprint density at radius 3 is 2.88 bits per heavy atom. The van der Waals surface area contributed by atoms with Crippen molar-refractivity contribution in [1.29, 1.82) is 0 Å². The number of rotatable bonds is 1. The number of hydrogen-bond donors (Lipinski definition) is 1. The fourth-order valence-corrected chi connectivity index (χ4v) is 0.854. The van der Waals surface area contributed by atoms with Crippen LogP contribution in [0.4, 0.5) is 0 Å². The number of carbonyl (C=O) groups is 1. The Kier molecular flexibility index (Phi) is 1.56. The third-order valence-corrected chi connectivity index (χ3v) is 1.37. The molecule has 0 spiro atoms. The van der Waals surface area contributed by atoms with Crippen LogP contribution in [-0.4, -0.2) is 19.8 Å². The van der Waals surface area contributed by atoms with Crippen molar-refractivity contribution < 1.29 is 4.79 Å². The summed E-state index contributed by atoms with van der Waals surface area (Å²) in [6.45, 7) is 0. The van der Waals surface area contributed by atoms with Crippen LogP contribution in [0, 0.1) is 0 Å². The molecule has 0 aromatic carbocycles. The van der Waals surface area contributed by atoms with Gasteiger partial charge >= 0.3 is 0 Å². The van der Waals surface area contributed by atoms with Crippen LogP contribution in [0.1, 0.15) is 12.8 Å². The van der Waals surface area contributed by atoms with Gasteiger partial charge in [-0.1, -0.05) is 6.32 Å². The van der Waals surface area contributed by atoms with E-state index in [4.69, 9.17) is 7.85 Å². The van der Waals surface area contributed by atoms with Crippen LogP contribution in [0.5, 0.6) is 0 Å². The SMILES string of the molecule is [B]CC1CCC(=O)N1. The highest BCUT2D eigenvalue weighted by atomic mass is 16.1. The molecule has 1 unspecified atom stereocenters. The minimum Gasteiger partial charge on any atom is -0.354 e. The van der Waals surface area contributed by atoms with Crippen LogP contribution in [0.3, 0.4) is 0 Å². The second-order valence-electron chi connectivity index (χ2n) is 2.04. The molecule has 0 aromatic rings. The predicted molar refractivity (Wildman–Crippen MR) is 31.7 cm³/mol. The zero-order chi connectivity index (χ0) is 5.98. The summed E-state index contributed by atoms with van der Waals surface area (Å²) in [5, 5.41) is 2.74. The molecule has 1 N–H and O–H groups in total. The number of nitrogens with one attached hydrogen (secondary N) is 1. The normalized spacial score (nSPS) is 28.0. The zero-order valence-electron chi connectivity index (χ0n) is 4.68. The standard InChI is InChI=1S/C5H8BNO/c6-3-4-1-2-5(8)7-4/h4H,1-3H2,(H,7,8). The van der Waals surface area contributed by atoms with E-state index in [9.17, 15) is 4.79 Å². The van der Waals surface area contributed by atoms with E-state index in [1.807, 2.05) is 0 Å². The molecular formula is C5H8BNO. The Balaban J connectivity index is 2.32. The fourth-order valence-electron chi connectivity index (χ4n) is 0.854. The van der Waals surface area contributed by atoms with E-state index in [-0.39, 0.29) is 11.9 Å². The highest BCUT2D eigenvalue weighted by molar-refractivity contribution is 6.09. The van der Waals surface area contributed by atoms with Crippen LogP contribution >= 0.6 is 0 Å². The van der Waals surface area contributed by atoms with E-state index in [1.165, 1.54) is 0 Å². The molecule has 0 saturated carbocycles. The van der Waals surface area contributed by atoms with Gasteiger partial charge in [0.2, 0.25) is 5.91 Å². The minimum atomic E-state index is 0.139. The van der Waals surface area contributed by atoms with Crippen molar-refractivity contribution in [2.45, 2.75) is 25.2 Å². The van der Waals surface area contributed by atoms with E-state index in [0.29, 0.717) is 12.7 Å². The van der Waals surface area contributed by atoms with E-state index in [1.54, 1.807) is 0 Å². The summed E-state index contributed by atoms with van der Waals surface area (Å²) in [4.78, 5) is 10.4. The second-order valence-corrected chi connectivity index (χ2v) is 2.04. The van der Waals surface area contributed by atoms with Gasteiger partial charge in [0, 0.05) is 12.5 Å². The average molecular weight is 109 g/mol. The van der Waals surface area contributed by atoms with Gasteiger partial charge in [-0.25, -0.2) is 0 Å². The van der Waals surface area contributed by atoms with E-state index in [2.05, 4.69) is 5.32 Å². The molecule has 42 valence electrons. The first kappa shape index (κ1) is 5.67. The Bertz CT molecular complexity index is 105. The summed E-state index contributed by atoms with van der Waals surface area (Å²) in [5.74, 6) is 0.139. The first-order valence-electron chi connectivity index (χ1n) is 2.82. The molecule has 8 heavy (non-hydrogen) atoms. The molecule has 0 bridgehead atoms. The molecule has 1 saturated heterocycles. The van der Waals surface area contributed by atoms with Gasteiger partial charge in [0.15, 0.2) is 0 Å². The molecule has 0 aromatic heterocycles. The van der Waals surface area contributed by atoms with Gasteiger partial charge in [-0.2, -0.15) is 0 Å². The Morgan fingerprint density at radius 1 is 1.88 bits per heavy atom. The van der Waals surface area contributed by atoms with Crippen LogP contribution in [0.15, 0.2) is 0 Å². The maximum Gasteiger partial charge on any atom is 0.220 e. The van der Waals surface area contributed by atoms with E-state index < -0.39 is 0 Å². The van der Waals surface area contributed by atoms with Crippen molar-refractivity contribution in [1.82, 2.24) is 5.32 Å². The minimum absolute atomic E-state index is 0.139. The van der Waals surface area contributed by atoms with Gasteiger partial charge < -0.3 is 5.32 Å². The van der Waals surface area contributed by atoms with Crippen molar-refractivity contribution in [3.05, 3.63) is 0 Å². The van der Waals surface area contributed by atoms with Crippen LogP contribution < -0.4 is 5.32 Å². The van der Waals surface area contributed by atoms with Crippen molar-refractivity contribution in [2.24, 2.45) is 0 Å². The first-order valence-corrected chi connectivity index (χ1v) is 2.82. The second kappa shape index (κ2) is 2.20. The quantitative estimate of drug-likeness (QED) is 0.466. The van der Waals surface area contributed by atoms with Crippen molar-refractivity contribution in [2.75, 3.05) is 0 Å². The third kappa shape index (κ3) is 1.03. The van der Waals surface area contributed by atoms with Gasteiger partial charge in [-0.3, -0.25) is 4.79 Å². The molecule has 1 rings (SSSR count). The smallest absolute Gasteiger partial charge is 0.220 e. The molecule has 1 heterocycles. The molecule has 0 aliphatic carbocycles. The van der Waals surface area contributed by atoms with Crippen molar-refractivity contribution >= 4 is 13.8 Å². The number of hydrogen-bond acceptors (Lipinski definition) is 1. The summed E-state index contributed by atoms with van der Waals surface area (Å²) in [7, 11) is 5.28. The highest BCUT2D eigenvalue weighted by Crippen LogP contribution is 2.07. The summed E-state index contributed by atoms with van der Waals surface area (Å²) in [6.07, 6.45) is 2.14. The molecular weight excluding hydrogens is 101 g/mol. The highest BCUT2D eigenvalue weighted by Gasteiger charge is 2.17. The topological polar surface area (TPSA) is 29.1 Å². The fraction of sp³-hybridized carbons (Fsp3) is 0.800. The Morgan fingerprint density at radius 2 is 2.62 bits per heavy atom. The van der Waals surface area contributed by atoms with Crippen LogP contribution in [0.2, 0.25) is 6.32 Å². The lowest BCUT2D eigenvalue weighted by molar-refractivity contribution is -0.119. The summed E-state index contributed by atoms with van der Waals surface area (Å²) in [5.41, 5.74) is 0. The lowest BCUT2D eigenvalue weighted by atomic mass is 9.97. The summed E-state index contributed by atoms with van der Waals surface area (Å²) < 4.78 is 0. The van der Waals surface area contributed by atoms with Crippen LogP contribution in [0.25, 0.3) is 0 Å². The van der Waals surface area contributed by atoms with Gasteiger partial charge in [0.25, 0.3) is 0 Å². The predicted octanol–water partition coefficient (Wildman–Crippen LogP) is -0.148. The molecule has 1 fully saturated rings. The number of amides is 1. The lowest BCUT2D eigenvalue weighted by Crippen LogP contribution is -2.24. The van der Waals surface area contributed by atoms with Gasteiger partial charge in [-0.15, -0.1) is 0 Å². The first-order chi connectivity index (χ1) is 3.83. The third-order valence-electron chi connectivity index (χ3n) is 1.37. The monoisotopic (exact) mass is 109 g/mol. The largest absolute Gasteiger partial charge is 0.354 e. The van der Waals surface area contributed by atoms with Gasteiger partial charge in [0.05, 0.1) is 7.85 Å². The van der Waals surface area contributed by atoms with E-state index in [0.717, 1.165) is 6.42 Å². The van der Waals surface area contributed by atoms with Gasteiger partial charge in [-0.05, 0) is 6.42 Å². The molecule has 1 amide bonds. The summed E-state index contributed by atoms with van der Waals surface area (Å²) >= 11 is 0. The Hall–Kier alpha value is -0.465. The average Bonchev–Trinajstić information content (AvgIpc) is 2.14. The lowest BCUT2D eigenvalue weighted by Gasteiger charge is -2.02. The number of carbonyl (C=O) groups excluding carboxylic acids is 1. The van der Waals surface area contributed by atoms with Gasteiger partial charge in [0.1, 0.15) is 0 Å². The van der Waals surface area contributed by atoms with Crippen molar-refractivity contribution in [3.63, 3.8) is 0 Å². The van der Waals surface area contributed by atoms with E-state index >= 15 is 0 Å². The zero-order valence-corrected chi connectivity index (χ0v) is 4.68. The summed E-state index contributed by atoms with van der Waals surface area (Å²) in [6, 6.07) is 0.252. The molecule has 1 aliphatic rings.